The topological polar surface area (TPSA) is 35.5 Å². The molecule has 116 valence electrons. The first-order valence-corrected chi connectivity index (χ1v) is 8.48. The van der Waals surface area contributed by atoms with Crippen molar-refractivity contribution in [2.45, 2.75) is 44.2 Å². The molecule has 3 nitrogen and oxygen atoms in total. The van der Waals surface area contributed by atoms with Gasteiger partial charge >= 0.3 is 0 Å². The molecular weight excluding hydrogens is 260 g/mol. The number of benzene rings is 1. The quantitative estimate of drug-likeness (QED) is 0.841. The molecule has 1 saturated heterocycles. The van der Waals surface area contributed by atoms with Crippen LogP contribution in [0.3, 0.4) is 0 Å². The van der Waals surface area contributed by atoms with Gasteiger partial charge in [0.25, 0.3) is 0 Å². The van der Waals surface area contributed by atoms with Gasteiger partial charge in [0.1, 0.15) is 0 Å². The molecule has 1 aromatic carbocycles. The maximum atomic E-state index is 9.42. The van der Waals surface area contributed by atoms with Gasteiger partial charge in [0.15, 0.2) is 0 Å². The van der Waals surface area contributed by atoms with Crippen molar-refractivity contribution in [3.8, 4) is 0 Å². The Bertz CT molecular complexity index is 422. The standard InChI is InChI=1S/C18H28N2O/c21-14-16-7-4-8-18(16)19-17-10-12-20(13-17)11-9-15-5-2-1-3-6-15/h1-3,5-6,16-19,21H,4,7-14H2. The van der Waals surface area contributed by atoms with Gasteiger partial charge in [-0.05, 0) is 43.7 Å². The van der Waals surface area contributed by atoms with Gasteiger partial charge in [-0.1, -0.05) is 36.8 Å². The molecule has 1 heterocycles. The number of nitrogens with one attached hydrogen (secondary N) is 1. The van der Waals surface area contributed by atoms with E-state index in [2.05, 4.69) is 40.5 Å². The molecule has 1 aliphatic heterocycles. The van der Waals surface area contributed by atoms with Gasteiger partial charge in [0.05, 0.1) is 0 Å². The summed E-state index contributed by atoms with van der Waals surface area (Å²) in [7, 11) is 0. The van der Waals surface area contributed by atoms with Crippen molar-refractivity contribution >= 4 is 0 Å². The highest BCUT2D eigenvalue weighted by molar-refractivity contribution is 5.14. The molecule has 0 radical (unpaired) electrons. The fourth-order valence-electron chi connectivity index (χ4n) is 3.88. The smallest absolute Gasteiger partial charge is 0.0474 e. The monoisotopic (exact) mass is 288 g/mol. The molecule has 3 heteroatoms. The number of hydrogen-bond acceptors (Lipinski definition) is 3. The number of hydrogen-bond donors (Lipinski definition) is 2. The molecule has 1 aliphatic carbocycles. The summed E-state index contributed by atoms with van der Waals surface area (Å²) in [5.41, 5.74) is 1.44. The minimum absolute atomic E-state index is 0.349. The number of nitrogens with zero attached hydrogens (tertiary/aromatic N) is 1. The lowest BCUT2D eigenvalue weighted by atomic mass is 10.0. The zero-order chi connectivity index (χ0) is 14.5. The third-order valence-corrected chi connectivity index (χ3v) is 5.18. The van der Waals surface area contributed by atoms with Gasteiger partial charge in [-0.2, -0.15) is 0 Å². The van der Waals surface area contributed by atoms with E-state index in [1.165, 1.54) is 44.3 Å². The summed E-state index contributed by atoms with van der Waals surface area (Å²) in [4.78, 5) is 2.58. The third-order valence-electron chi connectivity index (χ3n) is 5.18. The van der Waals surface area contributed by atoms with E-state index in [0.717, 1.165) is 13.0 Å². The van der Waals surface area contributed by atoms with Gasteiger partial charge in [-0.15, -0.1) is 0 Å². The Hall–Kier alpha value is -0.900. The maximum Gasteiger partial charge on any atom is 0.0474 e. The van der Waals surface area contributed by atoms with Crippen LogP contribution in [0.1, 0.15) is 31.2 Å². The molecule has 2 N–H and O–H groups in total. The van der Waals surface area contributed by atoms with E-state index in [4.69, 9.17) is 0 Å². The summed E-state index contributed by atoms with van der Waals surface area (Å²) < 4.78 is 0. The van der Waals surface area contributed by atoms with E-state index >= 15 is 0 Å². The van der Waals surface area contributed by atoms with Crippen LogP contribution in [0.15, 0.2) is 30.3 Å². The van der Waals surface area contributed by atoms with Crippen molar-refractivity contribution in [2.75, 3.05) is 26.2 Å². The summed E-state index contributed by atoms with van der Waals surface area (Å²) in [6.07, 6.45) is 6.11. The second-order valence-corrected chi connectivity index (χ2v) is 6.67. The average molecular weight is 288 g/mol. The van der Waals surface area contributed by atoms with Crippen molar-refractivity contribution in [3.05, 3.63) is 35.9 Å². The summed E-state index contributed by atoms with van der Waals surface area (Å²) in [6.45, 7) is 3.89. The third kappa shape index (κ3) is 4.06. The molecule has 1 saturated carbocycles. The fraction of sp³-hybridized carbons (Fsp3) is 0.667. The summed E-state index contributed by atoms with van der Waals surface area (Å²) >= 11 is 0. The second-order valence-electron chi connectivity index (χ2n) is 6.67. The molecule has 2 fully saturated rings. The van der Waals surface area contributed by atoms with Gasteiger partial charge < -0.3 is 15.3 Å². The van der Waals surface area contributed by atoms with Crippen LogP contribution in [-0.2, 0) is 6.42 Å². The molecule has 3 rings (SSSR count). The Morgan fingerprint density at radius 2 is 2.00 bits per heavy atom. The number of rotatable bonds is 6. The van der Waals surface area contributed by atoms with Crippen LogP contribution >= 0.6 is 0 Å². The minimum atomic E-state index is 0.349. The minimum Gasteiger partial charge on any atom is -0.396 e. The first-order valence-electron chi connectivity index (χ1n) is 8.48. The van der Waals surface area contributed by atoms with Crippen molar-refractivity contribution < 1.29 is 5.11 Å². The summed E-state index contributed by atoms with van der Waals surface area (Å²) in [5, 5.41) is 13.2. The molecule has 0 amide bonds. The Balaban J connectivity index is 1.41. The SMILES string of the molecule is OCC1CCCC1NC1CCN(CCc2ccccc2)C1. The van der Waals surface area contributed by atoms with Crippen molar-refractivity contribution in [3.63, 3.8) is 0 Å². The van der Waals surface area contributed by atoms with Crippen LogP contribution < -0.4 is 5.32 Å². The zero-order valence-corrected chi connectivity index (χ0v) is 12.9. The van der Waals surface area contributed by atoms with Crippen molar-refractivity contribution in [1.29, 1.82) is 0 Å². The van der Waals surface area contributed by atoms with E-state index in [1.54, 1.807) is 0 Å². The Labute approximate surface area is 128 Å². The molecule has 3 unspecified atom stereocenters. The van der Waals surface area contributed by atoms with E-state index < -0.39 is 0 Å². The van der Waals surface area contributed by atoms with Crippen LogP contribution in [0.5, 0.6) is 0 Å². The number of likely N-dealkylation sites (tertiary alicyclic amines) is 1. The number of aliphatic hydroxyl groups is 1. The van der Waals surface area contributed by atoms with Gasteiger partial charge in [0, 0.05) is 31.8 Å². The Morgan fingerprint density at radius 3 is 2.81 bits per heavy atom. The first-order chi connectivity index (χ1) is 10.3. The average Bonchev–Trinajstić information content (AvgIpc) is 3.16. The van der Waals surface area contributed by atoms with Crippen LogP contribution in [0, 0.1) is 5.92 Å². The molecule has 1 aromatic rings. The number of aliphatic hydroxyl groups excluding tert-OH is 1. The van der Waals surface area contributed by atoms with Gasteiger partial charge in [-0.25, -0.2) is 0 Å². The largest absolute Gasteiger partial charge is 0.396 e. The Kier molecular flexibility index (Phi) is 5.28. The summed E-state index contributed by atoms with van der Waals surface area (Å²) in [5.74, 6) is 0.489. The second kappa shape index (κ2) is 7.39. The van der Waals surface area contributed by atoms with E-state index in [0.29, 0.717) is 24.6 Å². The fourth-order valence-corrected chi connectivity index (χ4v) is 3.88. The molecule has 21 heavy (non-hydrogen) atoms. The zero-order valence-electron chi connectivity index (χ0n) is 12.9. The van der Waals surface area contributed by atoms with Crippen LogP contribution in [0.4, 0.5) is 0 Å². The molecule has 0 aromatic heterocycles. The molecule has 2 aliphatic rings. The van der Waals surface area contributed by atoms with Gasteiger partial charge in [-0.3, -0.25) is 0 Å². The van der Waals surface area contributed by atoms with Crippen LogP contribution in [0.2, 0.25) is 0 Å². The van der Waals surface area contributed by atoms with E-state index in [1.807, 2.05) is 0 Å². The van der Waals surface area contributed by atoms with Crippen molar-refractivity contribution in [2.24, 2.45) is 5.92 Å². The maximum absolute atomic E-state index is 9.42. The molecule has 0 spiro atoms. The lowest BCUT2D eigenvalue weighted by Crippen LogP contribution is -2.42. The predicted molar refractivity (Wildman–Crippen MR) is 86.3 cm³/mol. The van der Waals surface area contributed by atoms with Crippen LogP contribution in [0.25, 0.3) is 0 Å². The highest BCUT2D eigenvalue weighted by Crippen LogP contribution is 2.26. The van der Waals surface area contributed by atoms with E-state index in [-0.39, 0.29) is 0 Å². The molecule has 3 atom stereocenters. The highest BCUT2D eigenvalue weighted by atomic mass is 16.3. The highest BCUT2D eigenvalue weighted by Gasteiger charge is 2.30. The molecule has 0 bridgehead atoms. The predicted octanol–water partition coefficient (Wildman–Crippen LogP) is 2.05. The van der Waals surface area contributed by atoms with E-state index in [9.17, 15) is 5.11 Å². The Morgan fingerprint density at radius 1 is 1.14 bits per heavy atom. The van der Waals surface area contributed by atoms with Crippen LogP contribution in [-0.4, -0.2) is 48.3 Å². The lowest BCUT2D eigenvalue weighted by molar-refractivity contribution is 0.198. The first kappa shape index (κ1) is 15.0. The van der Waals surface area contributed by atoms with Crippen molar-refractivity contribution in [1.82, 2.24) is 10.2 Å². The lowest BCUT2D eigenvalue weighted by Gasteiger charge is -2.24. The molecular formula is C18H28N2O. The van der Waals surface area contributed by atoms with Gasteiger partial charge in [0.2, 0.25) is 0 Å². The summed E-state index contributed by atoms with van der Waals surface area (Å²) in [6, 6.07) is 11.9. The normalized spacial score (nSPS) is 30.0.